The summed E-state index contributed by atoms with van der Waals surface area (Å²) in [7, 11) is 0. The first-order valence-electron chi connectivity index (χ1n) is 9.55. The molecule has 1 amide bonds. The number of benzene rings is 3. The van der Waals surface area contributed by atoms with Gasteiger partial charge in [-0.15, -0.1) is 0 Å². The molecule has 0 N–H and O–H groups in total. The van der Waals surface area contributed by atoms with E-state index in [4.69, 9.17) is 0 Å². The number of carbonyl (C=O) groups excluding carboxylic acids is 1. The van der Waals surface area contributed by atoms with Gasteiger partial charge in [0.25, 0.3) is 0 Å². The highest BCUT2D eigenvalue weighted by Crippen LogP contribution is 2.32. The van der Waals surface area contributed by atoms with Gasteiger partial charge in [-0.05, 0) is 49.2 Å². The van der Waals surface area contributed by atoms with Gasteiger partial charge >= 0.3 is 0 Å². The van der Waals surface area contributed by atoms with Crippen molar-refractivity contribution in [1.82, 2.24) is 4.57 Å². The Kier molecular flexibility index (Phi) is 3.79. The summed E-state index contributed by atoms with van der Waals surface area (Å²) in [4.78, 5) is 28.2. The number of aromatic nitrogens is 1. The molecule has 4 nitrogen and oxygen atoms in total. The molecule has 1 aliphatic heterocycles. The number of hydrogen-bond donors (Lipinski definition) is 0. The highest BCUT2D eigenvalue weighted by Gasteiger charge is 2.30. The van der Waals surface area contributed by atoms with Gasteiger partial charge < -0.3 is 9.47 Å². The molecule has 0 fully saturated rings. The molecule has 1 aliphatic rings. The first kappa shape index (κ1) is 16.8. The molecule has 1 atom stereocenters. The van der Waals surface area contributed by atoms with Crippen LogP contribution in [0.5, 0.6) is 0 Å². The Bertz CT molecular complexity index is 1230. The Labute approximate surface area is 162 Å². The van der Waals surface area contributed by atoms with Gasteiger partial charge in [-0.1, -0.05) is 42.5 Å². The number of rotatable bonds is 2. The maximum atomic E-state index is 13.4. The first-order valence-corrected chi connectivity index (χ1v) is 9.55. The highest BCUT2D eigenvalue weighted by molar-refractivity contribution is 5.99. The van der Waals surface area contributed by atoms with Gasteiger partial charge in [-0.25, -0.2) is 0 Å². The standard InChI is InChI=1S/C24H20N2O2/c1-16-14-17-8-2-5-11-20(17)26(16)23(27)15-25-21-12-6-3-9-18(21)24(28)19-10-4-7-13-22(19)25/h2-13,16H,14-15H2,1H3. The molecule has 0 radical (unpaired) electrons. The minimum atomic E-state index is 0.00906. The van der Waals surface area contributed by atoms with Crippen LogP contribution in [0.3, 0.4) is 0 Å². The molecule has 138 valence electrons. The number of amides is 1. The van der Waals surface area contributed by atoms with Crippen LogP contribution in [0, 0.1) is 0 Å². The van der Waals surface area contributed by atoms with Gasteiger partial charge in [0.1, 0.15) is 6.54 Å². The summed E-state index contributed by atoms with van der Waals surface area (Å²) in [5.74, 6) is 0.0383. The lowest BCUT2D eigenvalue weighted by molar-refractivity contribution is -0.119. The molecule has 1 unspecified atom stereocenters. The summed E-state index contributed by atoms with van der Waals surface area (Å²) in [5, 5.41) is 1.28. The molecule has 1 aromatic heterocycles. The second kappa shape index (κ2) is 6.34. The number of nitrogens with zero attached hydrogens (tertiary/aromatic N) is 2. The van der Waals surface area contributed by atoms with Crippen molar-refractivity contribution in [3.8, 4) is 0 Å². The SMILES string of the molecule is CC1Cc2ccccc2N1C(=O)Cn1c2ccccc2c(=O)c2ccccc21. The zero-order chi connectivity index (χ0) is 19.3. The lowest BCUT2D eigenvalue weighted by Crippen LogP contribution is -2.38. The second-order valence-corrected chi connectivity index (χ2v) is 7.40. The van der Waals surface area contributed by atoms with Gasteiger partial charge in [-0.3, -0.25) is 9.59 Å². The maximum Gasteiger partial charge on any atom is 0.247 e. The van der Waals surface area contributed by atoms with Crippen LogP contribution in [0.2, 0.25) is 0 Å². The van der Waals surface area contributed by atoms with Crippen molar-refractivity contribution >= 4 is 33.4 Å². The topological polar surface area (TPSA) is 42.3 Å². The van der Waals surface area contributed by atoms with Crippen LogP contribution in [0.25, 0.3) is 21.8 Å². The van der Waals surface area contributed by atoms with Crippen LogP contribution in [0.1, 0.15) is 12.5 Å². The van der Waals surface area contributed by atoms with Crippen LogP contribution >= 0.6 is 0 Å². The maximum absolute atomic E-state index is 13.4. The van der Waals surface area contributed by atoms with Crippen LogP contribution in [-0.4, -0.2) is 16.5 Å². The first-order chi connectivity index (χ1) is 13.6. The summed E-state index contributed by atoms with van der Waals surface area (Å²) >= 11 is 0. The third-order valence-corrected chi connectivity index (χ3v) is 5.65. The third-order valence-electron chi connectivity index (χ3n) is 5.65. The minimum Gasteiger partial charge on any atom is -0.331 e. The fourth-order valence-electron chi connectivity index (χ4n) is 4.40. The average Bonchev–Trinajstić information content (AvgIpc) is 3.07. The normalized spacial score (nSPS) is 15.9. The van der Waals surface area contributed by atoms with Gasteiger partial charge in [0.05, 0.1) is 11.0 Å². The molecule has 4 heteroatoms. The number of hydrogen-bond acceptors (Lipinski definition) is 2. The van der Waals surface area contributed by atoms with Crippen molar-refractivity contribution in [3.63, 3.8) is 0 Å². The zero-order valence-electron chi connectivity index (χ0n) is 15.6. The Morgan fingerprint density at radius 2 is 1.46 bits per heavy atom. The summed E-state index contributed by atoms with van der Waals surface area (Å²) in [6, 6.07) is 23.3. The number of carbonyl (C=O) groups is 1. The number of pyridine rings is 1. The van der Waals surface area contributed by atoms with Gasteiger partial charge in [0.2, 0.25) is 5.91 Å². The third kappa shape index (κ3) is 2.45. The molecule has 4 aromatic rings. The summed E-state index contributed by atoms with van der Waals surface area (Å²) in [6.07, 6.45) is 0.869. The quantitative estimate of drug-likeness (QED) is 0.499. The van der Waals surface area contributed by atoms with Crippen molar-refractivity contribution < 1.29 is 4.79 Å². The van der Waals surface area contributed by atoms with E-state index in [2.05, 4.69) is 13.0 Å². The Morgan fingerprint density at radius 3 is 2.14 bits per heavy atom. The molecule has 0 bridgehead atoms. The Hall–Kier alpha value is -3.40. The minimum absolute atomic E-state index is 0.00906. The largest absolute Gasteiger partial charge is 0.331 e. The van der Waals surface area contributed by atoms with Crippen molar-refractivity contribution in [1.29, 1.82) is 0 Å². The van der Waals surface area contributed by atoms with Gasteiger partial charge in [0.15, 0.2) is 5.43 Å². The molecular weight excluding hydrogens is 348 g/mol. The Morgan fingerprint density at radius 1 is 0.893 bits per heavy atom. The Balaban J connectivity index is 1.67. The smallest absolute Gasteiger partial charge is 0.247 e. The van der Waals surface area contributed by atoms with E-state index in [1.807, 2.05) is 76.2 Å². The lowest BCUT2D eigenvalue weighted by atomic mass is 10.1. The number of anilines is 1. The number of fused-ring (bicyclic) bond motifs is 3. The van der Waals surface area contributed by atoms with E-state index < -0.39 is 0 Å². The monoisotopic (exact) mass is 368 g/mol. The fourth-order valence-corrected chi connectivity index (χ4v) is 4.40. The van der Waals surface area contributed by atoms with E-state index in [9.17, 15) is 9.59 Å². The van der Waals surface area contributed by atoms with Crippen molar-refractivity contribution in [3.05, 3.63) is 88.6 Å². The average molecular weight is 368 g/mol. The molecule has 0 saturated heterocycles. The van der Waals surface area contributed by atoms with E-state index in [0.717, 1.165) is 23.1 Å². The molecule has 2 heterocycles. The molecular formula is C24H20N2O2. The van der Waals surface area contributed by atoms with Crippen LogP contribution in [0.4, 0.5) is 5.69 Å². The molecule has 0 spiro atoms. The zero-order valence-corrected chi connectivity index (χ0v) is 15.6. The van der Waals surface area contributed by atoms with Crippen LogP contribution in [0.15, 0.2) is 77.6 Å². The van der Waals surface area contributed by atoms with E-state index in [-0.39, 0.29) is 23.9 Å². The van der Waals surface area contributed by atoms with Crippen molar-refractivity contribution in [2.75, 3.05) is 4.90 Å². The molecule has 3 aromatic carbocycles. The molecule has 0 saturated carbocycles. The summed E-state index contributed by atoms with van der Waals surface area (Å²) in [6.45, 7) is 2.28. The van der Waals surface area contributed by atoms with Crippen LogP contribution < -0.4 is 10.3 Å². The summed E-state index contributed by atoms with van der Waals surface area (Å²) in [5.41, 5.74) is 3.79. The summed E-state index contributed by atoms with van der Waals surface area (Å²) < 4.78 is 1.97. The molecule has 0 aliphatic carbocycles. The second-order valence-electron chi connectivity index (χ2n) is 7.40. The van der Waals surface area contributed by atoms with Gasteiger partial charge in [0, 0.05) is 22.5 Å². The highest BCUT2D eigenvalue weighted by atomic mass is 16.2. The van der Waals surface area contributed by atoms with Crippen molar-refractivity contribution in [2.45, 2.75) is 25.9 Å². The van der Waals surface area contributed by atoms with E-state index >= 15 is 0 Å². The lowest BCUT2D eigenvalue weighted by Gasteiger charge is -2.24. The number of para-hydroxylation sites is 3. The fraction of sp³-hybridized carbons (Fsp3) is 0.167. The van der Waals surface area contributed by atoms with Gasteiger partial charge in [-0.2, -0.15) is 0 Å². The predicted octanol–water partition coefficient (Wildman–Crippen LogP) is 4.13. The van der Waals surface area contributed by atoms with Crippen LogP contribution in [-0.2, 0) is 17.8 Å². The molecule has 5 rings (SSSR count). The van der Waals surface area contributed by atoms with E-state index in [1.54, 1.807) is 0 Å². The van der Waals surface area contributed by atoms with Crippen molar-refractivity contribution in [2.24, 2.45) is 0 Å². The van der Waals surface area contributed by atoms with E-state index in [1.165, 1.54) is 5.56 Å². The predicted molar refractivity (Wildman–Crippen MR) is 113 cm³/mol. The van der Waals surface area contributed by atoms with E-state index in [0.29, 0.717) is 10.8 Å². The molecule has 28 heavy (non-hydrogen) atoms.